The lowest BCUT2D eigenvalue weighted by atomic mass is 10.0. The first-order chi connectivity index (χ1) is 9.08. The number of ether oxygens (including phenoxy) is 2. The molecule has 1 aromatic carbocycles. The van der Waals surface area contributed by atoms with Gasteiger partial charge in [0.05, 0.1) is 19.3 Å². The van der Waals surface area contributed by atoms with Crippen molar-refractivity contribution in [2.45, 2.75) is 45.3 Å². The van der Waals surface area contributed by atoms with Crippen molar-refractivity contribution in [3.63, 3.8) is 0 Å². The molecule has 19 heavy (non-hydrogen) atoms. The Hall–Kier alpha value is -1.06. The molecule has 0 heterocycles. The molecular formula is C16H25NO2. The second-order valence-corrected chi connectivity index (χ2v) is 5.84. The Bertz CT molecular complexity index is 433. The van der Waals surface area contributed by atoms with Crippen molar-refractivity contribution >= 4 is 0 Å². The van der Waals surface area contributed by atoms with E-state index in [0.29, 0.717) is 19.1 Å². The highest BCUT2D eigenvalue weighted by Crippen LogP contribution is 2.37. The number of nitrogens with two attached hydrogens (primary N) is 1. The van der Waals surface area contributed by atoms with Crippen LogP contribution in [0.25, 0.3) is 0 Å². The maximum absolute atomic E-state index is 6.19. The van der Waals surface area contributed by atoms with Crippen LogP contribution in [0.15, 0.2) is 18.2 Å². The third kappa shape index (κ3) is 3.28. The highest BCUT2D eigenvalue weighted by Gasteiger charge is 2.37. The van der Waals surface area contributed by atoms with E-state index in [1.807, 2.05) is 6.07 Å². The predicted octanol–water partition coefficient (Wildman–Crippen LogP) is 3.04. The number of aryl methyl sites for hydroxylation is 1. The normalized spacial score (nSPS) is 26.6. The van der Waals surface area contributed by atoms with Gasteiger partial charge in [0, 0.05) is 12.1 Å². The number of benzene rings is 1. The van der Waals surface area contributed by atoms with E-state index in [0.717, 1.165) is 24.2 Å². The van der Waals surface area contributed by atoms with Gasteiger partial charge in [-0.3, -0.25) is 0 Å². The van der Waals surface area contributed by atoms with Crippen molar-refractivity contribution in [2.75, 3.05) is 13.7 Å². The zero-order chi connectivity index (χ0) is 13.9. The van der Waals surface area contributed by atoms with Crippen LogP contribution in [-0.4, -0.2) is 19.3 Å². The molecule has 2 atom stereocenters. The van der Waals surface area contributed by atoms with Crippen molar-refractivity contribution in [3.8, 4) is 5.75 Å². The molecule has 1 aliphatic carbocycles. The van der Waals surface area contributed by atoms with E-state index in [9.17, 15) is 0 Å². The second kappa shape index (κ2) is 5.93. The lowest BCUT2D eigenvalue weighted by Crippen LogP contribution is -2.38. The molecule has 106 valence electrons. The quantitative estimate of drug-likeness (QED) is 0.888. The average Bonchev–Trinajstić information content (AvgIpc) is 2.79. The summed E-state index contributed by atoms with van der Waals surface area (Å²) in [4.78, 5) is 0. The maximum Gasteiger partial charge on any atom is 0.124 e. The highest BCUT2D eigenvalue weighted by molar-refractivity contribution is 5.36. The molecule has 0 aromatic heterocycles. The van der Waals surface area contributed by atoms with E-state index in [2.05, 4.69) is 26.0 Å². The lowest BCUT2D eigenvalue weighted by Gasteiger charge is -2.28. The Balaban J connectivity index is 2.07. The minimum atomic E-state index is -0.131. The van der Waals surface area contributed by atoms with Crippen LogP contribution in [0.5, 0.6) is 5.75 Å². The van der Waals surface area contributed by atoms with Gasteiger partial charge >= 0.3 is 0 Å². The molecule has 0 amide bonds. The van der Waals surface area contributed by atoms with E-state index in [1.54, 1.807) is 7.11 Å². The molecule has 3 nitrogen and oxygen atoms in total. The number of hydrogen-bond acceptors (Lipinski definition) is 3. The fourth-order valence-corrected chi connectivity index (χ4v) is 2.98. The van der Waals surface area contributed by atoms with Crippen molar-refractivity contribution in [1.29, 1.82) is 0 Å². The monoisotopic (exact) mass is 263 g/mol. The summed E-state index contributed by atoms with van der Waals surface area (Å²) in [7, 11) is 1.70. The number of rotatable bonds is 5. The molecule has 0 radical (unpaired) electrons. The van der Waals surface area contributed by atoms with Gasteiger partial charge in [-0.25, -0.2) is 0 Å². The fraction of sp³-hybridized carbons (Fsp3) is 0.625. The summed E-state index contributed by atoms with van der Waals surface area (Å²) >= 11 is 0. The summed E-state index contributed by atoms with van der Waals surface area (Å²) < 4.78 is 11.6. The number of hydrogen-bond donors (Lipinski definition) is 1. The zero-order valence-electron chi connectivity index (χ0n) is 12.2. The van der Waals surface area contributed by atoms with Crippen LogP contribution in [0.4, 0.5) is 0 Å². The molecule has 0 saturated heterocycles. The first-order valence-corrected chi connectivity index (χ1v) is 7.06. The van der Waals surface area contributed by atoms with Crippen LogP contribution in [0.2, 0.25) is 0 Å². The minimum absolute atomic E-state index is 0.131. The van der Waals surface area contributed by atoms with Crippen molar-refractivity contribution in [1.82, 2.24) is 0 Å². The Morgan fingerprint density at radius 3 is 2.79 bits per heavy atom. The third-order valence-electron chi connectivity index (χ3n) is 4.15. The van der Waals surface area contributed by atoms with Gasteiger partial charge in [0.2, 0.25) is 0 Å². The predicted molar refractivity (Wildman–Crippen MR) is 77.3 cm³/mol. The van der Waals surface area contributed by atoms with Crippen LogP contribution < -0.4 is 10.5 Å². The summed E-state index contributed by atoms with van der Waals surface area (Å²) in [6, 6.07) is 6.18. The van der Waals surface area contributed by atoms with Crippen LogP contribution >= 0.6 is 0 Å². The standard InChI is InChI=1S/C16H25NO2/c1-12-4-5-15(18-3)14(8-12)10-19-16(11-17)7-6-13(2)9-16/h4-5,8,13H,6-7,9-11,17H2,1-3H3. The van der Waals surface area contributed by atoms with Gasteiger partial charge in [-0.2, -0.15) is 0 Å². The summed E-state index contributed by atoms with van der Waals surface area (Å²) in [6.07, 6.45) is 3.35. The lowest BCUT2D eigenvalue weighted by molar-refractivity contribution is -0.0476. The largest absolute Gasteiger partial charge is 0.496 e. The minimum Gasteiger partial charge on any atom is -0.496 e. The van der Waals surface area contributed by atoms with Gasteiger partial charge < -0.3 is 15.2 Å². The average molecular weight is 263 g/mol. The molecule has 2 rings (SSSR count). The Labute approximate surface area is 116 Å². The van der Waals surface area contributed by atoms with Gasteiger partial charge in [0.1, 0.15) is 5.75 Å². The summed E-state index contributed by atoms with van der Waals surface area (Å²) in [5, 5.41) is 0. The van der Waals surface area contributed by atoms with E-state index in [4.69, 9.17) is 15.2 Å². The smallest absolute Gasteiger partial charge is 0.124 e. The van der Waals surface area contributed by atoms with Crippen molar-refractivity contribution in [2.24, 2.45) is 11.7 Å². The molecule has 2 N–H and O–H groups in total. The summed E-state index contributed by atoms with van der Waals surface area (Å²) in [5.41, 5.74) is 8.14. The molecule has 1 fully saturated rings. The van der Waals surface area contributed by atoms with Crippen LogP contribution in [0.1, 0.15) is 37.3 Å². The Kier molecular flexibility index (Phi) is 4.48. The first-order valence-electron chi connectivity index (χ1n) is 7.06. The Morgan fingerprint density at radius 1 is 1.42 bits per heavy atom. The molecule has 1 aliphatic rings. The molecule has 0 bridgehead atoms. The maximum atomic E-state index is 6.19. The first kappa shape index (κ1) is 14.4. The SMILES string of the molecule is COc1ccc(C)cc1COC1(CN)CCC(C)C1. The van der Waals surface area contributed by atoms with Gasteiger partial charge in [-0.05, 0) is 38.2 Å². The van der Waals surface area contributed by atoms with E-state index >= 15 is 0 Å². The number of methoxy groups -OCH3 is 1. The van der Waals surface area contributed by atoms with Gasteiger partial charge in [-0.1, -0.05) is 24.6 Å². The molecule has 1 saturated carbocycles. The van der Waals surface area contributed by atoms with Gasteiger partial charge in [0.25, 0.3) is 0 Å². The molecular weight excluding hydrogens is 238 g/mol. The molecule has 1 aromatic rings. The van der Waals surface area contributed by atoms with Crippen molar-refractivity contribution in [3.05, 3.63) is 29.3 Å². The van der Waals surface area contributed by atoms with E-state index in [1.165, 1.54) is 12.0 Å². The second-order valence-electron chi connectivity index (χ2n) is 5.84. The fourth-order valence-electron chi connectivity index (χ4n) is 2.98. The summed E-state index contributed by atoms with van der Waals surface area (Å²) in [5.74, 6) is 1.60. The molecule has 0 aliphatic heterocycles. The zero-order valence-corrected chi connectivity index (χ0v) is 12.2. The Morgan fingerprint density at radius 2 is 2.21 bits per heavy atom. The van der Waals surface area contributed by atoms with E-state index in [-0.39, 0.29) is 5.60 Å². The molecule has 2 unspecified atom stereocenters. The van der Waals surface area contributed by atoms with Crippen LogP contribution in [-0.2, 0) is 11.3 Å². The molecule has 3 heteroatoms. The van der Waals surface area contributed by atoms with Crippen LogP contribution in [0, 0.1) is 12.8 Å². The van der Waals surface area contributed by atoms with Crippen LogP contribution in [0.3, 0.4) is 0 Å². The van der Waals surface area contributed by atoms with E-state index < -0.39 is 0 Å². The topological polar surface area (TPSA) is 44.5 Å². The highest BCUT2D eigenvalue weighted by atomic mass is 16.5. The van der Waals surface area contributed by atoms with Crippen molar-refractivity contribution < 1.29 is 9.47 Å². The third-order valence-corrected chi connectivity index (χ3v) is 4.15. The molecule has 0 spiro atoms. The van der Waals surface area contributed by atoms with Gasteiger partial charge in [-0.15, -0.1) is 0 Å². The summed E-state index contributed by atoms with van der Waals surface area (Å²) in [6.45, 7) is 5.54. The van der Waals surface area contributed by atoms with Gasteiger partial charge in [0.15, 0.2) is 0 Å².